The highest BCUT2D eigenvalue weighted by Crippen LogP contribution is 2.24. The van der Waals surface area contributed by atoms with Gasteiger partial charge in [-0.15, -0.1) is 0 Å². The number of hydrogen-bond acceptors (Lipinski definition) is 2. The van der Waals surface area contributed by atoms with E-state index < -0.39 is 0 Å². The predicted molar refractivity (Wildman–Crippen MR) is 67.4 cm³/mol. The van der Waals surface area contributed by atoms with Gasteiger partial charge in [-0.2, -0.15) is 0 Å². The Morgan fingerprint density at radius 2 is 2.31 bits per heavy atom. The van der Waals surface area contributed by atoms with E-state index in [1.165, 1.54) is 18.4 Å². The van der Waals surface area contributed by atoms with Crippen molar-refractivity contribution in [2.24, 2.45) is 5.92 Å². The van der Waals surface area contributed by atoms with E-state index in [1.54, 1.807) is 0 Å². The summed E-state index contributed by atoms with van der Waals surface area (Å²) in [5.41, 5.74) is 2.20. The molecule has 92 valence electrons. The average Bonchev–Trinajstić information content (AvgIpc) is 2.69. The first kappa shape index (κ1) is 13.5. The van der Waals surface area contributed by atoms with Crippen molar-refractivity contribution in [3.8, 4) is 0 Å². The molecule has 1 heterocycles. The van der Waals surface area contributed by atoms with Gasteiger partial charge >= 0.3 is 0 Å². The summed E-state index contributed by atoms with van der Waals surface area (Å²) in [6, 6.07) is 0. The highest BCUT2D eigenvalue weighted by atomic mass is 16.5. The molecule has 0 amide bonds. The molecule has 16 heavy (non-hydrogen) atoms. The van der Waals surface area contributed by atoms with Crippen LogP contribution in [0.3, 0.4) is 0 Å². The zero-order valence-electron chi connectivity index (χ0n) is 10.4. The first-order chi connectivity index (χ1) is 7.65. The first-order valence-electron chi connectivity index (χ1n) is 6.23. The molecule has 0 aliphatic carbocycles. The number of hydrogen-bond donors (Lipinski definition) is 1. The van der Waals surface area contributed by atoms with Crippen LogP contribution in [0.5, 0.6) is 0 Å². The van der Waals surface area contributed by atoms with Gasteiger partial charge in [-0.3, -0.25) is 0 Å². The summed E-state index contributed by atoms with van der Waals surface area (Å²) >= 11 is 0. The molecule has 0 bridgehead atoms. The molecule has 0 radical (unpaired) electrons. The van der Waals surface area contributed by atoms with E-state index in [1.807, 2.05) is 0 Å². The molecule has 0 saturated carbocycles. The van der Waals surface area contributed by atoms with E-state index in [0.717, 1.165) is 31.4 Å². The Bertz CT molecular complexity index is 245. The van der Waals surface area contributed by atoms with Crippen molar-refractivity contribution in [1.82, 2.24) is 0 Å². The third-order valence-electron chi connectivity index (χ3n) is 3.45. The molecule has 1 saturated heterocycles. The van der Waals surface area contributed by atoms with Crippen molar-refractivity contribution in [3.63, 3.8) is 0 Å². The summed E-state index contributed by atoms with van der Waals surface area (Å²) in [7, 11) is 0. The van der Waals surface area contributed by atoms with Crippen LogP contribution in [-0.2, 0) is 4.74 Å². The third-order valence-corrected chi connectivity index (χ3v) is 3.45. The molecule has 1 N–H and O–H groups in total. The lowest BCUT2D eigenvalue weighted by atomic mass is 9.95. The minimum atomic E-state index is 0.115. The molecule has 0 aromatic rings. The minimum absolute atomic E-state index is 0.115. The summed E-state index contributed by atoms with van der Waals surface area (Å²) in [4.78, 5) is 0. The lowest BCUT2D eigenvalue weighted by molar-refractivity contribution is 0.115. The SMILES string of the molecule is C=C(CO)C(C)CCCCC1OCCC1=C. The van der Waals surface area contributed by atoms with Crippen LogP contribution in [0, 0.1) is 5.92 Å². The summed E-state index contributed by atoms with van der Waals surface area (Å²) in [6.07, 6.45) is 5.88. The Morgan fingerprint density at radius 1 is 1.56 bits per heavy atom. The molecular formula is C14H24O2. The van der Waals surface area contributed by atoms with E-state index in [9.17, 15) is 0 Å². The fourth-order valence-corrected chi connectivity index (χ4v) is 2.04. The van der Waals surface area contributed by atoms with Gasteiger partial charge in [-0.05, 0) is 36.3 Å². The first-order valence-corrected chi connectivity index (χ1v) is 6.23. The molecule has 1 aliphatic rings. The van der Waals surface area contributed by atoms with Crippen LogP contribution in [0.2, 0.25) is 0 Å². The van der Waals surface area contributed by atoms with Crippen LogP contribution in [0.15, 0.2) is 24.3 Å². The number of ether oxygens (including phenoxy) is 1. The van der Waals surface area contributed by atoms with Crippen LogP contribution in [0.25, 0.3) is 0 Å². The van der Waals surface area contributed by atoms with Gasteiger partial charge < -0.3 is 9.84 Å². The Morgan fingerprint density at radius 3 is 2.88 bits per heavy atom. The van der Waals surface area contributed by atoms with Gasteiger partial charge in [0.2, 0.25) is 0 Å². The van der Waals surface area contributed by atoms with Gasteiger partial charge in [0.25, 0.3) is 0 Å². The number of rotatable bonds is 7. The lowest BCUT2D eigenvalue weighted by Gasteiger charge is -2.14. The van der Waals surface area contributed by atoms with Crippen LogP contribution >= 0.6 is 0 Å². The molecule has 1 rings (SSSR count). The molecule has 0 spiro atoms. The Balaban J connectivity index is 2.07. The summed E-state index contributed by atoms with van der Waals surface area (Å²) in [5.74, 6) is 0.428. The minimum Gasteiger partial charge on any atom is -0.392 e. The largest absolute Gasteiger partial charge is 0.392 e. The van der Waals surface area contributed by atoms with Crippen LogP contribution < -0.4 is 0 Å². The highest BCUT2D eigenvalue weighted by molar-refractivity contribution is 5.06. The van der Waals surface area contributed by atoms with Crippen molar-refractivity contribution in [3.05, 3.63) is 24.3 Å². The fraction of sp³-hybridized carbons (Fsp3) is 0.714. The second kappa shape index (κ2) is 6.87. The van der Waals surface area contributed by atoms with Crippen LogP contribution in [-0.4, -0.2) is 24.4 Å². The molecule has 2 atom stereocenters. The van der Waals surface area contributed by atoms with Crippen molar-refractivity contribution in [2.75, 3.05) is 13.2 Å². The third kappa shape index (κ3) is 4.11. The van der Waals surface area contributed by atoms with Gasteiger partial charge in [0.15, 0.2) is 0 Å². The quantitative estimate of drug-likeness (QED) is 0.532. The molecular weight excluding hydrogens is 200 g/mol. The molecule has 2 unspecified atom stereocenters. The molecule has 2 nitrogen and oxygen atoms in total. The molecule has 1 aliphatic heterocycles. The number of aliphatic hydroxyl groups excluding tert-OH is 1. The smallest absolute Gasteiger partial charge is 0.0783 e. The van der Waals surface area contributed by atoms with E-state index >= 15 is 0 Å². The monoisotopic (exact) mass is 224 g/mol. The van der Waals surface area contributed by atoms with Gasteiger partial charge in [0, 0.05) is 0 Å². The van der Waals surface area contributed by atoms with E-state index in [4.69, 9.17) is 9.84 Å². The Labute approximate surface area is 99.0 Å². The number of aliphatic hydroxyl groups is 1. The van der Waals surface area contributed by atoms with Crippen molar-refractivity contribution < 1.29 is 9.84 Å². The molecule has 2 heteroatoms. The lowest BCUT2D eigenvalue weighted by Crippen LogP contribution is -2.07. The van der Waals surface area contributed by atoms with E-state index in [2.05, 4.69) is 20.1 Å². The standard InChI is InChI=1S/C14H24O2/c1-11(13(3)10-15)6-4-5-7-14-12(2)8-9-16-14/h11,14-15H,2-10H2,1H3. The van der Waals surface area contributed by atoms with Gasteiger partial charge in [0.05, 0.1) is 19.3 Å². The zero-order chi connectivity index (χ0) is 12.0. The van der Waals surface area contributed by atoms with E-state index in [-0.39, 0.29) is 6.61 Å². The van der Waals surface area contributed by atoms with Crippen molar-refractivity contribution in [1.29, 1.82) is 0 Å². The van der Waals surface area contributed by atoms with Crippen molar-refractivity contribution in [2.45, 2.75) is 45.1 Å². The maximum absolute atomic E-state index is 8.94. The molecule has 1 fully saturated rings. The highest BCUT2D eigenvalue weighted by Gasteiger charge is 2.18. The van der Waals surface area contributed by atoms with Crippen LogP contribution in [0.4, 0.5) is 0 Å². The molecule has 0 aromatic carbocycles. The zero-order valence-corrected chi connectivity index (χ0v) is 10.4. The van der Waals surface area contributed by atoms with Crippen LogP contribution in [0.1, 0.15) is 39.0 Å². The fourth-order valence-electron chi connectivity index (χ4n) is 2.04. The Hall–Kier alpha value is -0.600. The predicted octanol–water partition coefficient (Wildman–Crippen LogP) is 3.08. The van der Waals surface area contributed by atoms with Gasteiger partial charge in [0.1, 0.15) is 0 Å². The second-order valence-corrected chi connectivity index (χ2v) is 4.77. The summed E-state index contributed by atoms with van der Waals surface area (Å²) < 4.78 is 5.58. The maximum Gasteiger partial charge on any atom is 0.0783 e. The van der Waals surface area contributed by atoms with E-state index in [0.29, 0.717) is 12.0 Å². The van der Waals surface area contributed by atoms with Gasteiger partial charge in [-0.1, -0.05) is 32.9 Å². The average molecular weight is 224 g/mol. The molecule has 0 aromatic heterocycles. The topological polar surface area (TPSA) is 29.5 Å². The maximum atomic E-state index is 8.94. The van der Waals surface area contributed by atoms with Crippen molar-refractivity contribution >= 4 is 0 Å². The van der Waals surface area contributed by atoms with Gasteiger partial charge in [-0.25, -0.2) is 0 Å². The summed E-state index contributed by atoms with van der Waals surface area (Å²) in [6.45, 7) is 11.0. The Kier molecular flexibility index (Phi) is 5.78. The second-order valence-electron chi connectivity index (χ2n) is 4.77. The summed E-state index contributed by atoms with van der Waals surface area (Å²) in [5, 5.41) is 8.94. The normalized spacial score (nSPS) is 22.4. The number of unbranched alkanes of at least 4 members (excludes halogenated alkanes) is 1.